The number of nitrogens with two attached hydrogens (primary N) is 1. The van der Waals surface area contributed by atoms with Gasteiger partial charge in [-0.25, -0.2) is 4.98 Å². The highest BCUT2D eigenvalue weighted by atomic mass is 15.2. The summed E-state index contributed by atoms with van der Waals surface area (Å²) >= 11 is 0. The fourth-order valence-electron chi connectivity index (χ4n) is 4.71. The molecule has 3 fully saturated rings. The van der Waals surface area contributed by atoms with Crippen LogP contribution in [0.1, 0.15) is 69.1 Å². The van der Waals surface area contributed by atoms with Gasteiger partial charge in [0.15, 0.2) is 0 Å². The summed E-state index contributed by atoms with van der Waals surface area (Å²) in [6.45, 7) is 1.94. The molecule has 3 atom stereocenters. The maximum atomic E-state index is 6.22. The van der Waals surface area contributed by atoms with Gasteiger partial charge in [-0.15, -0.1) is 0 Å². The van der Waals surface area contributed by atoms with E-state index in [1.807, 2.05) is 6.33 Å². The van der Waals surface area contributed by atoms with E-state index in [0.29, 0.717) is 12.1 Å². The Labute approximate surface area is 127 Å². The standard InChI is InChI=1S/C17H28N4/c18-10-16(17-11-19-12-21(17)14-7-8-14)20-9-3-5-13-4-1-2-6-15(13)20/h11-16H,1-10,18H2/t13-,15-,16?/m1/s1. The Kier molecular flexibility index (Phi) is 3.76. The topological polar surface area (TPSA) is 47.1 Å². The second-order valence-electron chi connectivity index (χ2n) is 7.20. The van der Waals surface area contributed by atoms with Gasteiger partial charge in [0.05, 0.1) is 18.1 Å². The predicted octanol–water partition coefficient (Wildman–Crippen LogP) is 2.87. The molecular weight excluding hydrogens is 260 g/mol. The molecule has 4 nitrogen and oxygen atoms in total. The SMILES string of the molecule is NCC(c1cncn1C1CC1)N1CCC[C@H]2CCCC[C@H]21. The molecule has 1 aliphatic heterocycles. The van der Waals surface area contributed by atoms with Crippen LogP contribution in [0.5, 0.6) is 0 Å². The number of hydrogen-bond acceptors (Lipinski definition) is 3. The third-order valence-electron chi connectivity index (χ3n) is 5.89. The zero-order valence-electron chi connectivity index (χ0n) is 13.0. The highest BCUT2D eigenvalue weighted by molar-refractivity contribution is 5.11. The van der Waals surface area contributed by atoms with Crippen molar-refractivity contribution in [3.05, 3.63) is 18.2 Å². The molecule has 2 aliphatic carbocycles. The Hall–Kier alpha value is -0.870. The number of piperidine rings is 1. The van der Waals surface area contributed by atoms with Crippen molar-refractivity contribution in [2.45, 2.75) is 69.5 Å². The van der Waals surface area contributed by atoms with Crippen molar-refractivity contribution >= 4 is 0 Å². The van der Waals surface area contributed by atoms with E-state index in [-0.39, 0.29) is 0 Å². The van der Waals surface area contributed by atoms with Gasteiger partial charge < -0.3 is 10.3 Å². The van der Waals surface area contributed by atoms with Crippen molar-refractivity contribution in [1.29, 1.82) is 0 Å². The lowest BCUT2D eigenvalue weighted by Crippen LogP contribution is -2.50. The molecule has 0 radical (unpaired) electrons. The van der Waals surface area contributed by atoms with Crippen LogP contribution in [-0.4, -0.2) is 33.6 Å². The van der Waals surface area contributed by atoms with Gasteiger partial charge in [0.1, 0.15) is 0 Å². The number of likely N-dealkylation sites (tertiary alicyclic amines) is 1. The zero-order chi connectivity index (χ0) is 14.2. The third-order valence-corrected chi connectivity index (χ3v) is 5.89. The fraction of sp³-hybridized carbons (Fsp3) is 0.824. The molecule has 4 rings (SSSR count). The second kappa shape index (κ2) is 5.73. The van der Waals surface area contributed by atoms with Crippen LogP contribution in [0.4, 0.5) is 0 Å². The Morgan fingerprint density at radius 1 is 1.14 bits per heavy atom. The van der Waals surface area contributed by atoms with Crippen LogP contribution in [0, 0.1) is 5.92 Å². The summed E-state index contributed by atoms with van der Waals surface area (Å²) in [5.41, 5.74) is 7.59. The van der Waals surface area contributed by atoms with Crippen molar-refractivity contribution in [1.82, 2.24) is 14.5 Å². The Bertz CT molecular complexity index is 477. The summed E-state index contributed by atoms with van der Waals surface area (Å²) in [4.78, 5) is 7.17. The van der Waals surface area contributed by atoms with Crippen molar-refractivity contribution in [2.24, 2.45) is 11.7 Å². The second-order valence-corrected chi connectivity index (χ2v) is 7.20. The third kappa shape index (κ3) is 2.53. The lowest BCUT2D eigenvalue weighted by molar-refractivity contribution is 0.0251. The van der Waals surface area contributed by atoms with Gasteiger partial charge in [0.2, 0.25) is 0 Å². The number of nitrogens with zero attached hydrogens (tertiary/aromatic N) is 3. The molecule has 0 spiro atoms. The lowest BCUT2D eigenvalue weighted by atomic mass is 9.77. The van der Waals surface area contributed by atoms with Crippen molar-refractivity contribution in [3.8, 4) is 0 Å². The minimum Gasteiger partial charge on any atom is -0.330 e. The summed E-state index contributed by atoms with van der Waals surface area (Å²) in [5.74, 6) is 0.916. The number of imidazole rings is 1. The van der Waals surface area contributed by atoms with Gasteiger partial charge in [-0.1, -0.05) is 12.8 Å². The molecule has 116 valence electrons. The van der Waals surface area contributed by atoms with E-state index in [4.69, 9.17) is 5.73 Å². The Morgan fingerprint density at radius 3 is 2.76 bits per heavy atom. The van der Waals surface area contributed by atoms with E-state index >= 15 is 0 Å². The van der Waals surface area contributed by atoms with Crippen LogP contribution in [-0.2, 0) is 0 Å². The number of aromatic nitrogens is 2. The van der Waals surface area contributed by atoms with Crippen molar-refractivity contribution in [3.63, 3.8) is 0 Å². The monoisotopic (exact) mass is 288 g/mol. The maximum absolute atomic E-state index is 6.22. The molecule has 1 unspecified atom stereocenters. The van der Waals surface area contributed by atoms with Crippen LogP contribution < -0.4 is 5.73 Å². The lowest BCUT2D eigenvalue weighted by Gasteiger charge is -2.47. The van der Waals surface area contributed by atoms with Crippen molar-refractivity contribution < 1.29 is 0 Å². The quantitative estimate of drug-likeness (QED) is 0.926. The van der Waals surface area contributed by atoms with Gasteiger partial charge in [-0.2, -0.15) is 0 Å². The van der Waals surface area contributed by atoms with Gasteiger partial charge in [-0.3, -0.25) is 4.90 Å². The first kappa shape index (κ1) is 13.8. The minimum absolute atomic E-state index is 0.374. The molecule has 1 saturated heterocycles. The summed E-state index contributed by atoms with van der Waals surface area (Å²) < 4.78 is 2.41. The molecule has 0 amide bonds. The highest BCUT2D eigenvalue weighted by Crippen LogP contribution is 2.41. The van der Waals surface area contributed by atoms with Gasteiger partial charge in [0, 0.05) is 24.8 Å². The average molecular weight is 288 g/mol. The molecule has 2 heterocycles. The van der Waals surface area contributed by atoms with E-state index in [1.165, 1.54) is 63.6 Å². The van der Waals surface area contributed by atoms with Crippen LogP contribution in [0.15, 0.2) is 12.5 Å². The summed E-state index contributed by atoms with van der Waals surface area (Å²) in [6.07, 6.45) is 15.1. The molecule has 2 saturated carbocycles. The first-order valence-corrected chi connectivity index (χ1v) is 8.86. The number of fused-ring (bicyclic) bond motifs is 1. The normalized spacial score (nSPS) is 31.9. The summed E-state index contributed by atoms with van der Waals surface area (Å²) in [5, 5.41) is 0. The highest BCUT2D eigenvalue weighted by Gasteiger charge is 2.38. The summed E-state index contributed by atoms with van der Waals surface area (Å²) in [7, 11) is 0. The molecule has 4 heteroatoms. The van der Waals surface area contributed by atoms with E-state index < -0.39 is 0 Å². The van der Waals surface area contributed by atoms with Crippen LogP contribution in [0.3, 0.4) is 0 Å². The largest absolute Gasteiger partial charge is 0.330 e. The molecule has 21 heavy (non-hydrogen) atoms. The fourth-order valence-corrected chi connectivity index (χ4v) is 4.71. The van der Waals surface area contributed by atoms with E-state index in [1.54, 1.807) is 0 Å². The molecule has 2 N–H and O–H groups in total. The van der Waals surface area contributed by atoms with E-state index in [9.17, 15) is 0 Å². The Balaban J connectivity index is 1.60. The number of rotatable bonds is 4. The zero-order valence-corrected chi connectivity index (χ0v) is 13.0. The molecule has 0 bridgehead atoms. The smallest absolute Gasteiger partial charge is 0.0951 e. The summed E-state index contributed by atoms with van der Waals surface area (Å²) in [6, 6.07) is 1.84. The van der Waals surface area contributed by atoms with Crippen LogP contribution in [0.2, 0.25) is 0 Å². The van der Waals surface area contributed by atoms with Gasteiger partial charge in [-0.05, 0) is 51.0 Å². The molecular formula is C17H28N4. The molecule has 3 aliphatic rings. The number of hydrogen-bond donors (Lipinski definition) is 1. The van der Waals surface area contributed by atoms with Gasteiger partial charge >= 0.3 is 0 Å². The van der Waals surface area contributed by atoms with E-state index in [2.05, 4.69) is 20.6 Å². The first-order chi connectivity index (χ1) is 10.4. The molecule has 1 aromatic rings. The minimum atomic E-state index is 0.374. The van der Waals surface area contributed by atoms with E-state index in [0.717, 1.165) is 18.5 Å². The van der Waals surface area contributed by atoms with Crippen LogP contribution in [0.25, 0.3) is 0 Å². The van der Waals surface area contributed by atoms with Crippen LogP contribution >= 0.6 is 0 Å². The Morgan fingerprint density at radius 2 is 1.95 bits per heavy atom. The maximum Gasteiger partial charge on any atom is 0.0951 e. The average Bonchev–Trinajstić information content (AvgIpc) is 3.27. The van der Waals surface area contributed by atoms with Crippen molar-refractivity contribution in [2.75, 3.05) is 13.1 Å². The first-order valence-electron chi connectivity index (χ1n) is 8.86. The predicted molar refractivity (Wildman–Crippen MR) is 84.0 cm³/mol. The molecule has 0 aromatic carbocycles. The van der Waals surface area contributed by atoms with Gasteiger partial charge in [0.25, 0.3) is 0 Å². The molecule has 1 aromatic heterocycles.